The molecule has 3 nitrogen and oxygen atoms in total. The molecule has 4 rings (SSSR count). The van der Waals surface area contributed by atoms with Crippen LogP contribution in [-0.2, 0) is 6.61 Å². The van der Waals surface area contributed by atoms with Crippen LogP contribution in [0.15, 0.2) is 66.4 Å². The van der Waals surface area contributed by atoms with Crippen LogP contribution in [0.4, 0.5) is 4.39 Å². The third-order valence-corrected chi connectivity index (χ3v) is 4.86. The second kappa shape index (κ2) is 7.49. The molecular formula is C23H16ClFO3. The van der Waals surface area contributed by atoms with Crippen LogP contribution in [0.5, 0.6) is 11.5 Å². The van der Waals surface area contributed by atoms with Gasteiger partial charge in [-0.15, -0.1) is 0 Å². The Hall–Kier alpha value is -3.11. The number of halogens is 2. The fourth-order valence-electron chi connectivity index (χ4n) is 3.07. The highest BCUT2D eigenvalue weighted by Gasteiger charge is 2.30. The van der Waals surface area contributed by atoms with Crippen molar-refractivity contribution in [3.63, 3.8) is 0 Å². The van der Waals surface area contributed by atoms with Crippen LogP contribution in [0, 0.1) is 12.7 Å². The molecule has 0 saturated heterocycles. The number of aryl methyl sites for hydroxylation is 1. The lowest BCUT2D eigenvalue weighted by Gasteiger charge is -2.10. The van der Waals surface area contributed by atoms with E-state index in [0.29, 0.717) is 34.3 Å². The van der Waals surface area contributed by atoms with Gasteiger partial charge in [-0.2, -0.15) is 0 Å². The van der Waals surface area contributed by atoms with Gasteiger partial charge in [0.2, 0.25) is 5.78 Å². The average molecular weight is 395 g/mol. The van der Waals surface area contributed by atoms with Gasteiger partial charge in [0.1, 0.15) is 23.9 Å². The summed E-state index contributed by atoms with van der Waals surface area (Å²) in [5.74, 6) is 0.376. The molecule has 5 heteroatoms. The topological polar surface area (TPSA) is 35.5 Å². The van der Waals surface area contributed by atoms with Crippen molar-refractivity contribution in [2.24, 2.45) is 0 Å². The number of ether oxygens (including phenoxy) is 2. The van der Waals surface area contributed by atoms with Crippen molar-refractivity contribution in [3.8, 4) is 11.5 Å². The Labute approximate surface area is 167 Å². The molecule has 28 heavy (non-hydrogen) atoms. The van der Waals surface area contributed by atoms with Crippen LogP contribution in [0.3, 0.4) is 0 Å². The predicted molar refractivity (Wildman–Crippen MR) is 106 cm³/mol. The third-order valence-electron chi connectivity index (χ3n) is 4.49. The summed E-state index contributed by atoms with van der Waals surface area (Å²) < 4.78 is 25.4. The number of ketones is 1. The minimum atomic E-state index is -0.414. The van der Waals surface area contributed by atoms with Gasteiger partial charge in [-0.25, -0.2) is 4.39 Å². The monoisotopic (exact) mass is 394 g/mol. The molecule has 0 unspecified atom stereocenters. The third kappa shape index (κ3) is 3.51. The van der Waals surface area contributed by atoms with Gasteiger partial charge in [-0.05, 0) is 36.8 Å². The van der Waals surface area contributed by atoms with Crippen LogP contribution in [0.2, 0.25) is 5.02 Å². The van der Waals surface area contributed by atoms with Gasteiger partial charge in [0.25, 0.3) is 0 Å². The highest BCUT2D eigenvalue weighted by Crippen LogP contribution is 2.38. The summed E-state index contributed by atoms with van der Waals surface area (Å²) in [5.41, 5.74) is 2.35. The molecule has 3 aromatic rings. The number of benzene rings is 3. The molecule has 0 amide bonds. The molecule has 0 aliphatic carbocycles. The van der Waals surface area contributed by atoms with Crippen molar-refractivity contribution in [3.05, 3.63) is 99.5 Å². The van der Waals surface area contributed by atoms with Crippen molar-refractivity contribution >= 4 is 23.5 Å². The van der Waals surface area contributed by atoms with Crippen molar-refractivity contribution in [2.45, 2.75) is 13.5 Å². The lowest BCUT2D eigenvalue weighted by molar-refractivity contribution is 0.101. The lowest BCUT2D eigenvalue weighted by atomic mass is 10.0. The molecule has 0 fully saturated rings. The largest absolute Gasteiger partial charge is 0.489 e. The number of hydrogen-bond acceptors (Lipinski definition) is 3. The fraction of sp³-hybridized carbons (Fsp3) is 0.0870. The van der Waals surface area contributed by atoms with Crippen LogP contribution < -0.4 is 9.47 Å². The second-order valence-electron chi connectivity index (χ2n) is 6.45. The van der Waals surface area contributed by atoms with E-state index in [1.54, 1.807) is 36.4 Å². The van der Waals surface area contributed by atoms with E-state index in [9.17, 15) is 9.18 Å². The molecule has 0 N–H and O–H groups in total. The molecule has 1 heterocycles. The summed E-state index contributed by atoms with van der Waals surface area (Å²) in [6.45, 7) is 2.11. The Morgan fingerprint density at radius 3 is 2.64 bits per heavy atom. The molecule has 140 valence electrons. The minimum Gasteiger partial charge on any atom is -0.489 e. The Morgan fingerprint density at radius 2 is 1.86 bits per heavy atom. The van der Waals surface area contributed by atoms with Gasteiger partial charge in [0.15, 0.2) is 5.76 Å². The molecule has 1 aliphatic heterocycles. The number of rotatable bonds is 4. The molecular weight excluding hydrogens is 379 g/mol. The van der Waals surface area contributed by atoms with Crippen LogP contribution in [-0.4, -0.2) is 5.78 Å². The van der Waals surface area contributed by atoms with E-state index in [-0.39, 0.29) is 11.5 Å². The Bertz CT molecular complexity index is 1100. The molecule has 0 radical (unpaired) electrons. The van der Waals surface area contributed by atoms with E-state index in [0.717, 1.165) is 11.1 Å². The predicted octanol–water partition coefficient (Wildman–Crippen LogP) is 5.98. The summed E-state index contributed by atoms with van der Waals surface area (Å²) in [6.07, 6.45) is 1.42. The minimum absolute atomic E-state index is 0.0893. The first-order valence-electron chi connectivity index (χ1n) is 8.72. The van der Waals surface area contributed by atoms with Crippen LogP contribution in [0.1, 0.15) is 27.0 Å². The first-order chi connectivity index (χ1) is 13.5. The van der Waals surface area contributed by atoms with Gasteiger partial charge in [0, 0.05) is 22.2 Å². The number of hydrogen-bond donors (Lipinski definition) is 0. The zero-order chi connectivity index (χ0) is 19.7. The Kier molecular flexibility index (Phi) is 4.88. The maximum absolute atomic E-state index is 13.9. The standard InChI is InChI=1S/C23H16ClFO3/c1-14-10-17(27-13-16-7-2-4-8-18(16)24)12-20-22(14)23(26)21(28-20)11-15-6-3-5-9-19(15)25/h2-12H,13H2,1H3/b21-11-. The van der Waals surface area contributed by atoms with Gasteiger partial charge in [-0.1, -0.05) is 48.0 Å². The maximum Gasteiger partial charge on any atom is 0.232 e. The van der Waals surface area contributed by atoms with Crippen molar-refractivity contribution in [2.75, 3.05) is 0 Å². The van der Waals surface area contributed by atoms with Crippen LogP contribution in [0.25, 0.3) is 6.08 Å². The summed E-state index contributed by atoms with van der Waals surface area (Å²) in [5, 5.41) is 0.627. The molecule has 1 aliphatic rings. The lowest BCUT2D eigenvalue weighted by Crippen LogP contribution is -2.00. The van der Waals surface area contributed by atoms with E-state index in [1.807, 2.05) is 25.1 Å². The first-order valence-corrected chi connectivity index (χ1v) is 9.10. The number of fused-ring (bicyclic) bond motifs is 1. The molecule has 3 aromatic carbocycles. The van der Waals surface area contributed by atoms with Crippen LogP contribution >= 0.6 is 11.6 Å². The SMILES string of the molecule is Cc1cc(OCc2ccccc2Cl)cc2c1C(=O)/C(=C/c1ccccc1F)O2. The smallest absolute Gasteiger partial charge is 0.232 e. The van der Waals surface area contributed by atoms with E-state index in [4.69, 9.17) is 21.1 Å². The Morgan fingerprint density at radius 1 is 1.11 bits per heavy atom. The number of carbonyl (C=O) groups excluding carboxylic acids is 1. The summed E-state index contributed by atoms with van der Waals surface area (Å²) >= 11 is 6.16. The van der Waals surface area contributed by atoms with E-state index < -0.39 is 5.82 Å². The highest BCUT2D eigenvalue weighted by atomic mass is 35.5. The van der Waals surface area contributed by atoms with E-state index in [1.165, 1.54) is 12.1 Å². The second-order valence-corrected chi connectivity index (χ2v) is 6.86. The average Bonchev–Trinajstić information content (AvgIpc) is 2.99. The van der Waals surface area contributed by atoms with E-state index >= 15 is 0 Å². The quantitative estimate of drug-likeness (QED) is 0.510. The van der Waals surface area contributed by atoms with E-state index in [2.05, 4.69) is 0 Å². The number of allylic oxidation sites excluding steroid dienone is 1. The molecule has 0 spiro atoms. The molecule has 0 aromatic heterocycles. The molecule has 0 saturated carbocycles. The van der Waals surface area contributed by atoms with Gasteiger partial charge in [-0.3, -0.25) is 4.79 Å². The maximum atomic E-state index is 13.9. The van der Waals surface area contributed by atoms with Crippen molar-refractivity contribution in [1.82, 2.24) is 0 Å². The summed E-state index contributed by atoms with van der Waals surface area (Å²) in [4.78, 5) is 12.7. The highest BCUT2D eigenvalue weighted by molar-refractivity contribution is 6.31. The Balaban J connectivity index is 1.60. The first kappa shape index (κ1) is 18.3. The number of carbonyl (C=O) groups is 1. The zero-order valence-electron chi connectivity index (χ0n) is 15.0. The van der Waals surface area contributed by atoms with Gasteiger partial charge in [0.05, 0.1) is 5.56 Å². The van der Waals surface area contributed by atoms with Crippen molar-refractivity contribution in [1.29, 1.82) is 0 Å². The molecule has 0 bridgehead atoms. The fourth-order valence-corrected chi connectivity index (χ4v) is 3.26. The normalized spacial score (nSPS) is 14.1. The van der Waals surface area contributed by atoms with Crippen molar-refractivity contribution < 1.29 is 18.7 Å². The summed E-state index contributed by atoms with van der Waals surface area (Å²) in [7, 11) is 0. The summed E-state index contributed by atoms with van der Waals surface area (Å²) in [6, 6.07) is 17.1. The molecule has 0 atom stereocenters. The zero-order valence-corrected chi connectivity index (χ0v) is 15.8. The van der Waals surface area contributed by atoms with Gasteiger partial charge < -0.3 is 9.47 Å². The number of Topliss-reactive ketones (excluding diaryl/α,β-unsaturated/α-hetero) is 1. The van der Waals surface area contributed by atoms with Gasteiger partial charge >= 0.3 is 0 Å².